The zero-order valence-corrected chi connectivity index (χ0v) is 11.1. The number of nitrogens with one attached hydrogen (secondary N) is 1. The van der Waals surface area contributed by atoms with E-state index in [4.69, 9.17) is 10.5 Å². The van der Waals surface area contributed by atoms with E-state index < -0.39 is 0 Å². The molecule has 0 fully saturated rings. The van der Waals surface area contributed by atoms with Crippen LogP contribution in [0.3, 0.4) is 0 Å². The molecule has 1 heterocycles. The molecule has 3 rings (SSSR count). The van der Waals surface area contributed by atoms with Gasteiger partial charge in [0.1, 0.15) is 5.75 Å². The summed E-state index contributed by atoms with van der Waals surface area (Å²) in [6.07, 6.45) is 0.863. The molecule has 1 aliphatic rings. The third kappa shape index (κ3) is 2.45. The predicted molar refractivity (Wildman–Crippen MR) is 77.7 cm³/mol. The Morgan fingerprint density at radius 2 is 2.10 bits per heavy atom. The summed E-state index contributed by atoms with van der Waals surface area (Å²) in [4.78, 5) is 12.1. The van der Waals surface area contributed by atoms with Gasteiger partial charge < -0.3 is 15.8 Å². The van der Waals surface area contributed by atoms with Crippen LogP contribution in [0.5, 0.6) is 5.75 Å². The number of hydrogen-bond acceptors (Lipinski definition) is 3. The Bertz CT molecular complexity index is 653. The van der Waals surface area contributed by atoms with Crippen LogP contribution in [-0.4, -0.2) is 12.5 Å². The molecule has 0 atom stereocenters. The Labute approximate surface area is 117 Å². The summed E-state index contributed by atoms with van der Waals surface area (Å²) >= 11 is 0. The van der Waals surface area contributed by atoms with Crippen molar-refractivity contribution in [3.63, 3.8) is 0 Å². The molecule has 1 amide bonds. The second-order valence-corrected chi connectivity index (χ2v) is 4.80. The van der Waals surface area contributed by atoms with Crippen LogP contribution >= 0.6 is 0 Å². The normalized spacial score (nSPS) is 12.6. The topological polar surface area (TPSA) is 64.3 Å². The number of para-hydroxylation sites is 1. The third-order valence-electron chi connectivity index (χ3n) is 3.45. The standard InChI is InChI=1S/C16H16N2O2/c17-14-4-2-1-3-13(14)10-18-16(19)12-5-6-15-11(9-12)7-8-20-15/h1-6,9H,7-8,10,17H2,(H,18,19). The van der Waals surface area contributed by atoms with Gasteiger partial charge in [-0.25, -0.2) is 0 Å². The first-order valence-electron chi connectivity index (χ1n) is 6.61. The summed E-state index contributed by atoms with van der Waals surface area (Å²) in [5, 5.41) is 2.89. The van der Waals surface area contributed by atoms with Crippen molar-refractivity contribution >= 4 is 11.6 Å². The second-order valence-electron chi connectivity index (χ2n) is 4.80. The van der Waals surface area contributed by atoms with Gasteiger partial charge in [0.25, 0.3) is 5.91 Å². The molecular weight excluding hydrogens is 252 g/mol. The summed E-state index contributed by atoms with van der Waals surface area (Å²) in [7, 11) is 0. The van der Waals surface area contributed by atoms with Gasteiger partial charge in [-0.2, -0.15) is 0 Å². The van der Waals surface area contributed by atoms with E-state index in [1.807, 2.05) is 36.4 Å². The van der Waals surface area contributed by atoms with Crippen molar-refractivity contribution in [1.82, 2.24) is 5.32 Å². The van der Waals surface area contributed by atoms with E-state index in [1.165, 1.54) is 0 Å². The lowest BCUT2D eigenvalue weighted by Gasteiger charge is -2.08. The Balaban J connectivity index is 1.69. The predicted octanol–water partition coefficient (Wildman–Crippen LogP) is 2.13. The van der Waals surface area contributed by atoms with Crippen LogP contribution in [0, 0.1) is 0 Å². The van der Waals surface area contributed by atoms with Gasteiger partial charge in [0.05, 0.1) is 6.61 Å². The average Bonchev–Trinajstić information content (AvgIpc) is 2.93. The fourth-order valence-corrected chi connectivity index (χ4v) is 2.30. The number of ether oxygens (including phenoxy) is 1. The first-order chi connectivity index (χ1) is 9.74. The van der Waals surface area contributed by atoms with Crippen LogP contribution in [0.4, 0.5) is 5.69 Å². The highest BCUT2D eigenvalue weighted by Gasteiger charge is 2.14. The highest BCUT2D eigenvalue weighted by atomic mass is 16.5. The fraction of sp³-hybridized carbons (Fsp3) is 0.188. The van der Waals surface area contributed by atoms with Gasteiger partial charge >= 0.3 is 0 Å². The molecule has 0 aromatic heterocycles. The van der Waals surface area contributed by atoms with Crippen molar-refractivity contribution in [2.45, 2.75) is 13.0 Å². The van der Waals surface area contributed by atoms with Crippen LogP contribution in [-0.2, 0) is 13.0 Å². The molecule has 2 aromatic carbocycles. The number of anilines is 1. The van der Waals surface area contributed by atoms with E-state index in [0.29, 0.717) is 24.4 Å². The van der Waals surface area contributed by atoms with E-state index in [1.54, 1.807) is 6.07 Å². The van der Waals surface area contributed by atoms with Crippen molar-refractivity contribution in [3.05, 3.63) is 59.2 Å². The first-order valence-corrected chi connectivity index (χ1v) is 6.61. The summed E-state index contributed by atoms with van der Waals surface area (Å²) in [6.45, 7) is 1.13. The molecule has 1 aliphatic heterocycles. The van der Waals surface area contributed by atoms with E-state index in [0.717, 1.165) is 23.3 Å². The van der Waals surface area contributed by atoms with Crippen molar-refractivity contribution in [2.75, 3.05) is 12.3 Å². The van der Waals surface area contributed by atoms with Gasteiger partial charge in [0.2, 0.25) is 0 Å². The summed E-state index contributed by atoms with van der Waals surface area (Å²) in [5.74, 6) is 0.789. The van der Waals surface area contributed by atoms with Crippen LogP contribution < -0.4 is 15.8 Å². The minimum atomic E-state index is -0.0945. The molecule has 0 unspecified atom stereocenters. The van der Waals surface area contributed by atoms with E-state index in [9.17, 15) is 4.79 Å². The van der Waals surface area contributed by atoms with E-state index >= 15 is 0 Å². The molecule has 3 N–H and O–H groups in total. The van der Waals surface area contributed by atoms with Crippen LogP contribution in [0.1, 0.15) is 21.5 Å². The largest absolute Gasteiger partial charge is 0.493 e. The maximum absolute atomic E-state index is 12.1. The van der Waals surface area contributed by atoms with Crippen LogP contribution in [0.15, 0.2) is 42.5 Å². The number of carbonyl (C=O) groups excluding carboxylic acids is 1. The lowest BCUT2D eigenvalue weighted by atomic mass is 10.1. The molecule has 0 saturated carbocycles. The minimum absolute atomic E-state index is 0.0945. The van der Waals surface area contributed by atoms with Crippen LogP contribution in [0.25, 0.3) is 0 Å². The lowest BCUT2D eigenvalue weighted by molar-refractivity contribution is 0.0951. The number of carbonyl (C=O) groups is 1. The van der Waals surface area contributed by atoms with Crippen molar-refractivity contribution < 1.29 is 9.53 Å². The fourth-order valence-electron chi connectivity index (χ4n) is 2.30. The molecule has 4 heteroatoms. The molecule has 4 nitrogen and oxygen atoms in total. The second kappa shape index (κ2) is 5.25. The molecule has 0 spiro atoms. The molecular formula is C16H16N2O2. The van der Waals surface area contributed by atoms with Crippen molar-refractivity contribution in [1.29, 1.82) is 0 Å². The molecule has 0 bridgehead atoms. The highest BCUT2D eigenvalue weighted by Crippen LogP contribution is 2.25. The third-order valence-corrected chi connectivity index (χ3v) is 3.45. The number of rotatable bonds is 3. The number of fused-ring (bicyclic) bond motifs is 1. The van der Waals surface area contributed by atoms with Crippen molar-refractivity contribution in [2.24, 2.45) is 0 Å². The Hall–Kier alpha value is -2.49. The Kier molecular flexibility index (Phi) is 3.29. The SMILES string of the molecule is Nc1ccccc1CNC(=O)c1ccc2c(c1)CCO2. The quantitative estimate of drug-likeness (QED) is 0.838. The average molecular weight is 268 g/mol. The molecule has 0 saturated heterocycles. The number of nitrogen functional groups attached to an aromatic ring is 1. The van der Waals surface area contributed by atoms with Crippen molar-refractivity contribution in [3.8, 4) is 5.75 Å². The van der Waals surface area contributed by atoms with Gasteiger partial charge in [0.15, 0.2) is 0 Å². The maximum Gasteiger partial charge on any atom is 0.251 e. The molecule has 102 valence electrons. The monoisotopic (exact) mass is 268 g/mol. The minimum Gasteiger partial charge on any atom is -0.493 e. The number of benzene rings is 2. The summed E-state index contributed by atoms with van der Waals surface area (Å²) in [5.41, 5.74) is 9.21. The maximum atomic E-state index is 12.1. The number of nitrogens with two attached hydrogens (primary N) is 1. The summed E-state index contributed by atoms with van der Waals surface area (Å²) < 4.78 is 5.43. The van der Waals surface area contributed by atoms with Gasteiger partial charge in [-0.05, 0) is 35.4 Å². The molecule has 2 aromatic rings. The molecule has 0 radical (unpaired) electrons. The zero-order valence-electron chi connectivity index (χ0n) is 11.1. The molecule has 0 aliphatic carbocycles. The Morgan fingerprint density at radius 3 is 2.95 bits per heavy atom. The number of hydrogen-bond donors (Lipinski definition) is 2. The summed E-state index contributed by atoms with van der Waals surface area (Å²) in [6, 6.07) is 13.1. The van der Waals surface area contributed by atoms with Gasteiger partial charge in [0, 0.05) is 24.2 Å². The Morgan fingerprint density at radius 1 is 1.25 bits per heavy atom. The molecule has 20 heavy (non-hydrogen) atoms. The van der Waals surface area contributed by atoms with Gasteiger partial charge in [-0.15, -0.1) is 0 Å². The zero-order chi connectivity index (χ0) is 13.9. The smallest absolute Gasteiger partial charge is 0.251 e. The number of amides is 1. The lowest BCUT2D eigenvalue weighted by Crippen LogP contribution is -2.23. The van der Waals surface area contributed by atoms with Crippen LogP contribution in [0.2, 0.25) is 0 Å². The van der Waals surface area contributed by atoms with Gasteiger partial charge in [-0.3, -0.25) is 4.79 Å². The first kappa shape index (κ1) is 12.5. The van der Waals surface area contributed by atoms with E-state index in [-0.39, 0.29) is 5.91 Å². The van der Waals surface area contributed by atoms with Gasteiger partial charge in [-0.1, -0.05) is 18.2 Å². The van der Waals surface area contributed by atoms with E-state index in [2.05, 4.69) is 5.32 Å². The highest BCUT2D eigenvalue weighted by molar-refractivity contribution is 5.94.